The fraction of sp³-hybridized carbons (Fsp3) is 0.176. The largest absolute Gasteiger partial charge is 0.497 e. The number of benzene rings is 4. The van der Waals surface area contributed by atoms with Crippen LogP contribution in [-0.4, -0.2) is 46.1 Å². The molecule has 6 rings (SSSR count). The molecule has 0 fully saturated rings. The Hall–Kier alpha value is -5.09. The van der Waals surface area contributed by atoms with Gasteiger partial charge in [0.2, 0.25) is 0 Å². The summed E-state index contributed by atoms with van der Waals surface area (Å²) in [5.41, 5.74) is 4.81. The molecule has 0 N–H and O–H groups in total. The number of hydrazone groups is 1. The molecule has 1 unspecified atom stereocenters. The number of aromatic nitrogens is 1. The van der Waals surface area contributed by atoms with Crippen LogP contribution in [0.5, 0.6) is 11.5 Å². The van der Waals surface area contributed by atoms with Crippen molar-refractivity contribution in [1.82, 2.24) is 9.58 Å². The lowest BCUT2D eigenvalue weighted by Crippen LogP contribution is -2.28. The highest BCUT2D eigenvalue weighted by Gasteiger charge is 2.33. The zero-order chi connectivity index (χ0) is 30.6. The molecule has 1 atom stereocenters. The number of carbonyl (C=O) groups is 1. The normalized spacial score (nSPS) is 14.5. The lowest BCUT2D eigenvalue weighted by atomic mass is 9.98. The first-order chi connectivity index (χ1) is 21.4. The highest BCUT2D eigenvalue weighted by Crippen LogP contribution is 2.36. The molecule has 0 spiro atoms. The van der Waals surface area contributed by atoms with Gasteiger partial charge in [0.05, 0.1) is 36.6 Å². The van der Waals surface area contributed by atoms with Crippen LogP contribution in [-0.2, 0) is 11.3 Å². The predicted molar refractivity (Wildman–Crippen MR) is 172 cm³/mol. The maximum atomic E-state index is 13.8. The molecule has 0 radical (unpaired) electrons. The van der Waals surface area contributed by atoms with Crippen LogP contribution in [0.15, 0.2) is 113 Å². The van der Waals surface area contributed by atoms with Crippen molar-refractivity contribution in [2.75, 3.05) is 20.0 Å². The van der Waals surface area contributed by atoms with Crippen molar-refractivity contribution >= 4 is 40.0 Å². The van der Waals surface area contributed by atoms with Crippen LogP contribution in [0.3, 0.4) is 0 Å². The minimum Gasteiger partial charge on any atom is -0.497 e. The number of nitro groups is 1. The number of hydrogen-bond acceptors (Lipinski definition) is 7. The Morgan fingerprint density at radius 2 is 1.59 bits per heavy atom. The van der Waals surface area contributed by atoms with Gasteiger partial charge in [-0.3, -0.25) is 14.9 Å². The molecular weight excluding hydrogens is 576 g/mol. The summed E-state index contributed by atoms with van der Waals surface area (Å²) in [4.78, 5) is 25.5. The molecule has 222 valence electrons. The van der Waals surface area contributed by atoms with E-state index in [1.807, 2.05) is 79.0 Å². The molecule has 1 amide bonds. The molecule has 2 heterocycles. The van der Waals surface area contributed by atoms with E-state index in [2.05, 4.69) is 4.57 Å². The van der Waals surface area contributed by atoms with Crippen LogP contribution in [0.4, 0.5) is 5.69 Å². The van der Waals surface area contributed by atoms with E-state index in [0.717, 1.165) is 49.7 Å². The second-order valence-corrected chi connectivity index (χ2v) is 11.4. The fourth-order valence-electron chi connectivity index (χ4n) is 5.37. The highest BCUT2D eigenvalue weighted by molar-refractivity contribution is 8.00. The first kappa shape index (κ1) is 29.0. The summed E-state index contributed by atoms with van der Waals surface area (Å²) >= 11 is 1.48. The predicted octanol–water partition coefficient (Wildman–Crippen LogP) is 7.09. The molecule has 4 aromatic carbocycles. The van der Waals surface area contributed by atoms with Crippen molar-refractivity contribution < 1.29 is 19.2 Å². The summed E-state index contributed by atoms with van der Waals surface area (Å²) in [5.74, 6) is 1.63. The molecule has 0 bridgehead atoms. The molecule has 0 aliphatic carbocycles. The summed E-state index contributed by atoms with van der Waals surface area (Å²) < 4.78 is 12.8. The van der Waals surface area contributed by atoms with Crippen LogP contribution >= 0.6 is 11.8 Å². The Morgan fingerprint density at radius 1 is 0.932 bits per heavy atom. The smallest absolute Gasteiger partial charge is 0.269 e. The van der Waals surface area contributed by atoms with E-state index >= 15 is 0 Å². The lowest BCUT2D eigenvalue weighted by molar-refractivity contribution is -0.384. The molecule has 44 heavy (non-hydrogen) atoms. The molecule has 5 aromatic rings. The molecule has 1 aliphatic rings. The Balaban J connectivity index is 1.24. The molecule has 1 aromatic heterocycles. The molecule has 10 heteroatoms. The van der Waals surface area contributed by atoms with E-state index in [0.29, 0.717) is 13.0 Å². The number of thioether (sulfide) groups is 1. The molecule has 0 saturated heterocycles. The average Bonchev–Trinajstić information content (AvgIpc) is 3.66. The van der Waals surface area contributed by atoms with Gasteiger partial charge < -0.3 is 14.0 Å². The van der Waals surface area contributed by atoms with Gasteiger partial charge in [-0.25, -0.2) is 5.01 Å². The monoisotopic (exact) mass is 606 g/mol. The number of methoxy groups -OCH3 is 2. The summed E-state index contributed by atoms with van der Waals surface area (Å²) in [7, 11) is 3.26. The number of nitro benzene ring substituents is 1. The number of fused-ring (bicyclic) bond motifs is 1. The second kappa shape index (κ2) is 12.6. The van der Waals surface area contributed by atoms with E-state index in [-0.39, 0.29) is 23.4 Å². The van der Waals surface area contributed by atoms with E-state index in [4.69, 9.17) is 14.6 Å². The van der Waals surface area contributed by atoms with Gasteiger partial charge in [0, 0.05) is 47.1 Å². The van der Waals surface area contributed by atoms with Crippen LogP contribution in [0.25, 0.3) is 10.9 Å². The summed E-state index contributed by atoms with van der Waals surface area (Å²) in [5, 5.41) is 18.6. The molecule has 1 aliphatic heterocycles. The number of ether oxygens (including phenoxy) is 2. The van der Waals surface area contributed by atoms with Gasteiger partial charge >= 0.3 is 0 Å². The van der Waals surface area contributed by atoms with Crippen LogP contribution in [0.2, 0.25) is 0 Å². The third-order valence-electron chi connectivity index (χ3n) is 7.69. The topological polar surface area (TPSA) is 99.2 Å². The van der Waals surface area contributed by atoms with E-state index in [9.17, 15) is 14.9 Å². The van der Waals surface area contributed by atoms with Gasteiger partial charge in [-0.2, -0.15) is 5.10 Å². The van der Waals surface area contributed by atoms with Crippen molar-refractivity contribution in [3.8, 4) is 11.5 Å². The summed E-state index contributed by atoms with van der Waals surface area (Å²) in [6.07, 6.45) is 2.63. The van der Waals surface area contributed by atoms with Crippen molar-refractivity contribution in [3.63, 3.8) is 0 Å². The van der Waals surface area contributed by atoms with E-state index < -0.39 is 4.92 Å². The zero-order valence-electron chi connectivity index (χ0n) is 24.3. The Bertz CT molecular complexity index is 1830. The fourth-order valence-corrected chi connectivity index (χ4v) is 6.31. The molecule has 9 nitrogen and oxygen atoms in total. The standard InChI is InChI=1S/C34H30N4O5S/c1-42-27-15-9-24(10-16-27)30-19-32(25-11-17-28(43-2)18-12-25)37(35-30)34(39)22-44-33-21-36(31-6-4-3-5-29(31)33)20-23-7-13-26(14-8-23)38(40)41/h3-18,21,32H,19-20,22H2,1-2H3. The number of non-ortho nitro benzene ring substituents is 1. The minimum absolute atomic E-state index is 0.0635. The van der Waals surface area contributed by atoms with E-state index in [1.54, 1.807) is 31.4 Å². The minimum atomic E-state index is -0.399. The van der Waals surface area contributed by atoms with Crippen molar-refractivity contribution in [3.05, 3.63) is 130 Å². The summed E-state index contributed by atoms with van der Waals surface area (Å²) in [6.45, 7) is 0.550. The number of amides is 1. The number of carbonyl (C=O) groups excluding carboxylic acids is 1. The van der Waals surface area contributed by atoms with Gasteiger partial charge in [0.15, 0.2) is 0 Å². The van der Waals surface area contributed by atoms with Crippen molar-refractivity contribution in [2.24, 2.45) is 5.10 Å². The SMILES string of the molecule is COc1ccc(C2=NN(C(=O)CSc3cn(Cc4ccc([N+](=O)[O-])cc4)c4ccccc34)C(c3ccc(OC)cc3)C2)cc1. The van der Waals surface area contributed by atoms with Gasteiger partial charge in [-0.15, -0.1) is 11.8 Å². The molecule has 0 saturated carbocycles. The van der Waals surface area contributed by atoms with Crippen LogP contribution in [0.1, 0.15) is 29.2 Å². The Labute approximate surface area is 258 Å². The van der Waals surface area contributed by atoms with E-state index in [1.165, 1.54) is 23.9 Å². The third-order valence-corrected chi connectivity index (χ3v) is 8.72. The average molecular weight is 607 g/mol. The number of nitrogens with zero attached hydrogens (tertiary/aromatic N) is 4. The van der Waals surface area contributed by atoms with Crippen LogP contribution in [0, 0.1) is 10.1 Å². The van der Waals surface area contributed by atoms with Crippen molar-refractivity contribution in [2.45, 2.75) is 23.9 Å². The number of hydrogen-bond donors (Lipinski definition) is 0. The quantitative estimate of drug-likeness (QED) is 0.0957. The summed E-state index contributed by atoms with van der Waals surface area (Å²) in [6, 6.07) is 29.9. The highest BCUT2D eigenvalue weighted by atomic mass is 32.2. The maximum absolute atomic E-state index is 13.8. The Kier molecular flexibility index (Phi) is 8.33. The van der Waals surface area contributed by atoms with Gasteiger partial charge in [-0.1, -0.05) is 42.5 Å². The first-order valence-electron chi connectivity index (χ1n) is 14.1. The lowest BCUT2D eigenvalue weighted by Gasteiger charge is -2.22. The van der Waals surface area contributed by atoms with Crippen molar-refractivity contribution in [1.29, 1.82) is 0 Å². The first-order valence-corrected chi connectivity index (χ1v) is 15.0. The number of para-hydroxylation sites is 1. The second-order valence-electron chi connectivity index (χ2n) is 10.4. The van der Waals surface area contributed by atoms with Gasteiger partial charge in [0.1, 0.15) is 11.5 Å². The molecular formula is C34H30N4O5S. The third kappa shape index (κ3) is 6.02. The number of rotatable bonds is 10. The Morgan fingerprint density at radius 3 is 2.25 bits per heavy atom. The maximum Gasteiger partial charge on any atom is 0.269 e. The zero-order valence-corrected chi connectivity index (χ0v) is 25.1. The van der Waals surface area contributed by atoms with Gasteiger partial charge in [-0.05, 0) is 59.2 Å². The van der Waals surface area contributed by atoms with Gasteiger partial charge in [0.25, 0.3) is 11.6 Å². The van der Waals surface area contributed by atoms with Crippen LogP contribution < -0.4 is 9.47 Å².